The van der Waals surface area contributed by atoms with Crippen LogP contribution in [0.3, 0.4) is 0 Å². The molecule has 2 aromatic rings. The summed E-state index contributed by atoms with van der Waals surface area (Å²) in [5, 5.41) is 0.979. The first-order valence-corrected chi connectivity index (χ1v) is 10.8. The number of carbonyl (C=O) groups excluding carboxylic acids is 1. The van der Waals surface area contributed by atoms with Gasteiger partial charge in [-0.3, -0.25) is 9.78 Å². The van der Waals surface area contributed by atoms with Crippen molar-refractivity contribution in [3.63, 3.8) is 0 Å². The van der Waals surface area contributed by atoms with Gasteiger partial charge in [-0.15, -0.1) is 0 Å². The molecule has 2 nitrogen and oxygen atoms in total. The number of aromatic nitrogens is 1. The molecule has 3 heteroatoms. The summed E-state index contributed by atoms with van der Waals surface area (Å²) >= 11 is 0. The van der Waals surface area contributed by atoms with Gasteiger partial charge in [0.1, 0.15) is 11.6 Å². The molecular formula is C25H30FNO. The molecule has 5 rings (SSSR count). The van der Waals surface area contributed by atoms with Gasteiger partial charge in [0.05, 0.1) is 5.52 Å². The van der Waals surface area contributed by atoms with Gasteiger partial charge in [-0.2, -0.15) is 0 Å². The number of pyridine rings is 1. The Kier molecular flexibility index (Phi) is 3.99. The van der Waals surface area contributed by atoms with E-state index in [9.17, 15) is 9.18 Å². The molecule has 0 amide bonds. The van der Waals surface area contributed by atoms with Crippen molar-refractivity contribution in [2.75, 3.05) is 0 Å². The molecule has 1 heterocycles. The lowest BCUT2D eigenvalue weighted by atomic mass is 9.85. The third kappa shape index (κ3) is 3.07. The van der Waals surface area contributed by atoms with Crippen molar-refractivity contribution in [2.24, 2.45) is 28.6 Å². The Balaban J connectivity index is 1.30. The summed E-state index contributed by atoms with van der Waals surface area (Å²) in [6.45, 7) is 6.49. The summed E-state index contributed by atoms with van der Waals surface area (Å²) in [7, 11) is 0. The number of ketones is 1. The summed E-state index contributed by atoms with van der Waals surface area (Å²) in [5.74, 6) is 2.61. The van der Waals surface area contributed by atoms with Crippen LogP contribution < -0.4 is 0 Å². The van der Waals surface area contributed by atoms with Gasteiger partial charge >= 0.3 is 0 Å². The van der Waals surface area contributed by atoms with Crippen molar-refractivity contribution in [3.8, 4) is 0 Å². The zero-order chi connectivity index (χ0) is 19.7. The van der Waals surface area contributed by atoms with E-state index in [1.807, 2.05) is 6.20 Å². The van der Waals surface area contributed by atoms with Crippen molar-refractivity contribution < 1.29 is 9.18 Å². The van der Waals surface area contributed by atoms with E-state index in [1.54, 1.807) is 12.1 Å². The number of rotatable bonds is 3. The van der Waals surface area contributed by atoms with Crippen molar-refractivity contribution >= 4 is 16.7 Å². The van der Waals surface area contributed by atoms with Crippen LogP contribution in [-0.2, 0) is 4.79 Å². The van der Waals surface area contributed by atoms with Crippen molar-refractivity contribution in [2.45, 2.75) is 65.2 Å². The fourth-order valence-corrected chi connectivity index (χ4v) is 6.49. The molecule has 3 fully saturated rings. The molecule has 0 N–H and O–H groups in total. The molecule has 0 bridgehead atoms. The molecule has 3 aliphatic carbocycles. The molecule has 0 radical (unpaired) electrons. The minimum absolute atomic E-state index is 0.0953. The second-order valence-electron chi connectivity index (χ2n) is 11.0. The third-order valence-corrected chi connectivity index (χ3v) is 7.64. The van der Waals surface area contributed by atoms with Gasteiger partial charge in [-0.1, -0.05) is 20.8 Å². The normalized spacial score (nSPS) is 34.1. The van der Waals surface area contributed by atoms with Gasteiger partial charge in [-0.25, -0.2) is 4.39 Å². The van der Waals surface area contributed by atoms with Crippen LogP contribution in [0.4, 0.5) is 4.39 Å². The Labute approximate surface area is 166 Å². The van der Waals surface area contributed by atoms with E-state index >= 15 is 0 Å². The number of nitrogens with zero attached hydrogens (tertiary/aromatic N) is 1. The van der Waals surface area contributed by atoms with E-state index in [1.165, 1.54) is 37.3 Å². The van der Waals surface area contributed by atoms with Crippen molar-refractivity contribution in [1.82, 2.24) is 4.98 Å². The maximum atomic E-state index is 13.8. The van der Waals surface area contributed by atoms with Gasteiger partial charge in [0.2, 0.25) is 0 Å². The smallest absolute Gasteiger partial charge is 0.137 e. The summed E-state index contributed by atoms with van der Waals surface area (Å²) in [6, 6.07) is 7.02. The van der Waals surface area contributed by atoms with E-state index in [2.05, 4.69) is 31.8 Å². The first-order valence-electron chi connectivity index (χ1n) is 10.8. The third-order valence-electron chi connectivity index (χ3n) is 7.64. The quantitative estimate of drug-likeness (QED) is 0.627. The zero-order valence-electron chi connectivity index (χ0n) is 17.2. The van der Waals surface area contributed by atoms with E-state index in [-0.39, 0.29) is 11.2 Å². The van der Waals surface area contributed by atoms with Crippen LogP contribution in [0.25, 0.3) is 10.9 Å². The van der Waals surface area contributed by atoms with Crippen LogP contribution in [0.1, 0.15) is 70.8 Å². The molecule has 28 heavy (non-hydrogen) atoms. The maximum Gasteiger partial charge on any atom is 0.137 e. The Morgan fingerprint density at radius 2 is 1.86 bits per heavy atom. The van der Waals surface area contributed by atoms with Crippen LogP contribution in [0, 0.1) is 34.4 Å². The SMILES string of the molecule is CC(C)(C)CC(=O)C1CC12C[C@H]1CC(c3ccnc4ccc(F)cc34)C[C@H]1C2. The van der Waals surface area contributed by atoms with E-state index in [0.717, 1.165) is 29.2 Å². The number of benzene rings is 1. The minimum Gasteiger partial charge on any atom is -0.299 e. The number of hydrogen-bond donors (Lipinski definition) is 0. The fourth-order valence-electron chi connectivity index (χ4n) is 6.49. The number of halogens is 1. The summed E-state index contributed by atoms with van der Waals surface area (Å²) in [5.41, 5.74) is 2.58. The number of fused-ring (bicyclic) bond motifs is 2. The van der Waals surface area contributed by atoms with E-state index < -0.39 is 0 Å². The second-order valence-corrected chi connectivity index (χ2v) is 11.0. The topological polar surface area (TPSA) is 30.0 Å². The molecular weight excluding hydrogens is 349 g/mol. The van der Waals surface area contributed by atoms with E-state index in [0.29, 0.717) is 29.5 Å². The lowest BCUT2D eigenvalue weighted by Crippen LogP contribution is -2.17. The molecule has 0 aliphatic heterocycles. The Morgan fingerprint density at radius 1 is 1.14 bits per heavy atom. The standard InChI is InChI=1S/C25H30FNO/c1-24(2,3)14-23(28)21-13-25(21)11-16-8-15(9-17(16)12-25)19-6-7-27-22-5-4-18(26)10-20(19)22/h4-7,10,15-17,21H,8-9,11-14H2,1-3H3/t15?,16-,17+,21?,25?. The predicted molar refractivity (Wildman–Crippen MR) is 110 cm³/mol. The van der Waals surface area contributed by atoms with Gasteiger partial charge < -0.3 is 0 Å². The zero-order valence-corrected chi connectivity index (χ0v) is 17.2. The number of carbonyl (C=O) groups is 1. The second kappa shape index (κ2) is 6.11. The minimum atomic E-state index is -0.183. The Bertz CT molecular complexity index is 929. The molecule has 3 saturated carbocycles. The Morgan fingerprint density at radius 3 is 2.54 bits per heavy atom. The first kappa shape index (κ1) is 18.3. The average molecular weight is 380 g/mol. The largest absolute Gasteiger partial charge is 0.299 e. The highest BCUT2D eigenvalue weighted by Gasteiger charge is 2.64. The van der Waals surface area contributed by atoms with Gasteiger partial charge in [0.25, 0.3) is 0 Å². The molecule has 148 valence electrons. The van der Waals surface area contributed by atoms with E-state index in [4.69, 9.17) is 0 Å². The van der Waals surface area contributed by atoms with Crippen LogP contribution >= 0.6 is 0 Å². The maximum absolute atomic E-state index is 13.8. The lowest BCUT2D eigenvalue weighted by molar-refractivity contribution is -0.122. The molecule has 1 aromatic carbocycles. The summed E-state index contributed by atoms with van der Waals surface area (Å²) < 4.78 is 13.8. The van der Waals surface area contributed by atoms with Crippen molar-refractivity contribution in [3.05, 3.63) is 41.8 Å². The average Bonchev–Trinajstić information content (AvgIpc) is 3.00. The first-order chi connectivity index (χ1) is 13.2. The molecule has 3 aliphatic rings. The van der Waals surface area contributed by atoms with Crippen LogP contribution in [0.15, 0.2) is 30.5 Å². The summed E-state index contributed by atoms with van der Waals surface area (Å²) in [4.78, 5) is 17.1. The highest BCUT2D eigenvalue weighted by molar-refractivity contribution is 5.85. The molecule has 1 aromatic heterocycles. The summed E-state index contributed by atoms with van der Waals surface area (Å²) in [6.07, 6.45) is 8.53. The molecule has 3 unspecified atom stereocenters. The van der Waals surface area contributed by atoms with Gasteiger partial charge in [0, 0.05) is 23.9 Å². The highest BCUT2D eigenvalue weighted by Crippen LogP contribution is 2.70. The van der Waals surface area contributed by atoms with Gasteiger partial charge in [0.15, 0.2) is 0 Å². The fraction of sp³-hybridized carbons (Fsp3) is 0.600. The van der Waals surface area contributed by atoms with Gasteiger partial charge in [-0.05, 0) is 90.5 Å². The molecule has 5 atom stereocenters. The molecule has 0 saturated heterocycles. The Hall–Kier alpha value is -1.77. The van der Waals surface area contributed by atoms with Crippen LogP contribution in [0.5, 0.6) is 0 Å². The van der Waals surface area contributed by atoms with Crippen LogP contribution in [-0.4, -0.2) is 10.8 Å². The van der Waals surface area contributed by atoms with Crippen LogP contribution in [0.2, 0.25) is 0 Å². The van der Waals surface area contributed by atoms with Crippen molar-refractivity contribution in [1.29, 1.82) is 0 Å². The monoisotopic (exact) mass is 379 g/mol. The number of Topliss-reactive ketones (excluding diaryl/α,β-unsaturated/α-hetero) is 1. The predicted octanol–water partition coefficient (Wildman–Crippen LogP) is 6.29. The number of hydrogen-bond acceptors (Lipinski definition) is 2. The lowest BCUT2D eigenvalue weighted by Gasteiger charge is -2.19. The highest BCUT2D eigenvalue weighted by atomic mass is 19.1. The molecule has 1 spiro atoms.